The van der Waals surface area contributed by atoms with Crippen LogP contribution in [-0.4, -0.2) is 42.8 Å². The highest BCUT2D eigenvalue weighted by Gasteiger charge is 2.22. The Morgan fingerprint density at radius 2 is 2.19 bits per heavy atom. The number of nitrogens with one attached hydrogen (secondary N) is 1. The van der Waals surface area contributed by atoms with Crippen molar-refractivity contribution in [2.75, 3.05) is 32.8 Å². The van der Waals surface area contributed by atoms with E-state index >= 15 is 0 Å². The Morgan fingerprint density at radius 1 is 1.38 bits per heavy atom. The molecule has 118 valence electrons. The van der Waals surface area contributed by atoms with Crippen LogP contribution < -0.4 is 5.32 Å². The van der Waals surface area contributed by atoms with Gasteiger partial charge in [0.05, 0.1) is 0 Å². The molecule has 1 aliphatic rings. The van der Waals surface area contributed by atoms with E-state index in [1.165, 1.54) is 17.5 Å². The fourth-order valence-electron chi connectivity index (χ4n) is 3.24. The minimum atomic E-state index is 0.339. The zero-order valence-corrected chi connectivity index (χ0v) is 13.5. The molecule has 2 rings (SSSR count). The molecule has 0 bridgehead atoms. The Balaban J connectivity index is 1.92. The summed E-state index contributed by atoms with van der Waals surface area (Å²) < 4.78 is 0. The average molecular weight is 290 g/mol. The normalized spacial score (nSPS) is 20.8. The molecule has 2 unspecified atom stereocenters. The molecule has 1 aromatic carbocycles. The number of aliphatic hydroxyl groups is 1. The second-order valence-electron chi connectivity index (χ2n) is 6.29. The number of likely N-dealkylation sites (tertiary alicyclic amines) is 1. The molecule has 0 spiro atoms. The molecule has 0 aliphatic carbocycles. The van der Waals surface area contributed by atoms with Gasteiger partial charge in [0.2, 0.25) is 0 Å². The quantitative estimate of drug-likeness (QED) is 0.773. The third-order valence-electron chi connectivity index (χ3n) is 4.57. The summed E-state index contributed by atoms with van der Waals surface area (Å²) >= 11 is 0. The molecule has 3 heteroatoms. The Bertz CT molecular complexity index is 421. The van der Waals surface area contributed by atoms with E-state index in [4.69, 9.17) is 0 Å². The summed E-state index contributed by atoms with van der Waals surface area (Å²) in [6, 6.07) is 9.15. The van der Waals surface area contributed by atoms with Crippen LogP contribution in [0.5, 0.6) is 0 Å². The predicted octanol–water partition coefficient (Wildman–Crippen LogP) is 2.74. The summed E-state index contributed by atoms with van der Waals surface area (Å²) in [6.07, 6.45) is 3.45. The second-order valence-corrected chi connectivity index (χ2v) is 6.29. The van der Waals surface area contributed by atoms with E-state index in [2.05, 4.69) is 48.3 Å². The maximum absolute atomic E-state index is 9.25. The van der Waals surface area contributed by atoms with E-state index in [9.17, 15) is 5.11 Å². The van der Waals surface area contributed by atoms with Gasteiger partial charge in [0, 0.05) is 19.2 Å². The fraction of sp³-hybridized carbons (Fsp3) is 0.667. The summed E-state index contributed by atoms with van der Waals surface area (Å²) in [5, 5.41) is 13.0. The highest BCUT2D eigenvalue weighted by molar-refractivity contribution is 5.28. The van der Waals surface area contributed by atoms with Crippen molar-refractivity contribution in [2.45, 2.75) is 39.2 Å². The van der Waals surface area contributed by atoms with Gasteiger partial charge in [-0.3, -0.25) is 0 Å². The lowest BCUT2D eigenvalue weighted by Crippen LogP contribution is -2.29. The number of aryl methyl sites for hydroxylation is 1. The lowest BCUT2D eigenvalue weighted by atomic mass is 9.98. The molecule has 1 aliphatic heterocycles. The van der Waals surface area contributed by atoms with Gasteiger partial charge in [-0.25, -0.2) is 0 Å². The van der Waals surface area contributed by atoms with E-state index in [1.54, 1.807) is 0 Å². The maximum Gasteiger partial charge on any atom is 0.0471 e. The van der Waals surface area contributed by atoms with Crippen LogP contribution in [0.3, 0.4) is 0 Å². The zero-order valence-electron chi connectivity index (χ0n) is 13.5. The molecule has 2 atom stereocenters. The van der Waals surface area contributed by atoms with Crippen molar-refractivity contribution in [1.29, 1.82) is 0 Å². The molecular weight excluding hydrogens is 260 g/mol. The van der Waals surface area contributed by atoms with Crippen LogP contribution >= 0.6 is 0 Å². The van der Waals surface area contributed by atoms with Crippen LogP contribution in [0.2, 0.25) is 0 Å². The molecule has 0 amide bonds. The summed E-state index contributed by atoms with van der Waals surface area (Å²) in [5.41, 5.74) is 2.81. The van der Waals surface area contributed by atoms with Crippen LogP contribution in [0.25, 0.3) is 0 Å². The van der Waals surface area contributed by atoms with Crippen molar-refractivity contribution in [1.82, 2.24) is 10.2 Å². The smallest absolute Gasteiger partial charge is 0.0471 e. The van der Waals surface area contributed by atoms with Crippen molar-refractivity contribution in [3.05, 3.63) is 35.4 Å². The SMILES string of the molecule is CCCNC(CCN1CCC(CO)C1)c1ccccc1C. The van der Waals surface area contributed by atoms with Gasteiger partial charge in [-0.05, 0) is 62.9 Å². The van der Waals surface area contributed by atoms with Crippen LogP contribution in [0.15, 0.2) is 24.3 Å². The maximum atomic E-state index is 9.25. The Hall–Kier alpha value is -0.900. The first-order chi connectivity index (χ1) is 10.2. The molecular formula is C18H30N2O. The van der Waals surface area contributed by atoms with Gasteiger partial charge in [0.25, 0.3) is 0 Å². The molecule has 0 saturated carbocycles. The number of nitrogens with zero attached hydrogens (tertiary/aromatic N) is 1. The Labute approximate surface area is 129 Å². The van der Waals surface area contributed by atoms with Gasteiger partial charge >= 0.3 is 0 Å². The van der Waals surface area contributed by atoms with Gasteiger partial charge in [0.1, 0.15) is 0 Å². The lowest BCUT2D eigenvalue weighted by Gasteiger charge is -2.24. The molecule has 0 aromatic heterocycles. The topological polar surface area (TPSA) is 35.5 Å². The highest BCUT2D eigenvalue weighted by atomic mass is 16.3. The van der Waals surface area contributed by atoms with E-state index in [1.807, 2.05) is 0 Å². The molecule has 1 fully saturated rings. The van der Waals surface area contributed by atoms with Crippen molar-refractivity contribution >= 4 is 0 Å². The minimum absolute atomic E-state index is 0.339. The van der Waals surface area contributed by atoms with Gasteiger partial charge in [-0.15, -0.1) is 0 Å². The standard InChI is InChI=1S/C18H30N2O/c1-3-10-19-18(17-7-5-4-6-15(17)2)9-12-20-11-8-16(13-20)14-21/h4-7,16,18-19,21H,3,8-14H2,1-2H3. The highest BCUT2D eigenvalue weighted by Crippen LogP contribution is 2.23. The van der Waals surface area contributed by atoms with Gasteiger partial charge in [-0.1, -0.05) is 31.2 Å². The van der Waals surface area contributed by atoms with Crippen molar-refractivity contribution in [3.8, 4) is 0 Å². The van der Waals surface area contributed by atoms with Gasteiger partial charge in [0.15, 0.2) is 0 Å². The van der Waals surface area contributed by atoms with E-state index < -0.39 is 0 Å². The van der Waals surface area contributed by atoms with Gasteiger partial charge in [-0.2, -0.15) is 0 Å². The largest absolute Gasteiger partial charge is 0.396 e. The predicted molar refractivity (Wildman–Crippen MR) is 88.5 cm³/mol. The van der Waals surface area contributed by atoms with Crippen LogP contribution in [-0.2, 0) is 0 Å². The van der Waals surface area contributed by atoms with Crippen molar-refractivity contribution in [3.63, 3.8) is 0 Å². The zero-order chi connectivity index (χ0) is 15.1. The fourth-order valence-corrected chi connectivity index (χ4v) is 3.24. The first-order valence-electron chi connectivity index (χ1n) is 8.36. The lowest BCUT2D eigenvalue weighted by molar-refractivity contribution is 0.219. The first kappa shape index (κ1) is 16.5. The van der Waals surface area contributed by atoms with E-state index in [0.29, 0.717) is 18.6 Å². The summed E-state index contributed by atoms with van der Waals surface area (Å²) in [7, 11) is 0. The van der Waals surface area contributed by atoms with E-state index in [-0.39, 0.29) is 0 Å². The molecule has 0 radical (unpaired) electrons. The third kappa shape index (κ3) is 4.80. The van der Waals surface area contributed by atoms with Crippen LogP contribution in [0.4, 0.5) is 0 Å². The number of hydrogen-bond donors (Lipinski definition) is 2. The third-order valence-corrected chi connectivity index (χ3v) is 4.57. The average Bonchev–Trinajstić information content (AvgIpc) is 2.96. The monoisotopic (exact) mass is 290 g/mol. The minimum Gasteiger partial charge on any atom is -0.396 e. The first-order valence-corrected chi connectivity index (χ1v) is 8.36. The van der Waals surface area contributed by atoms with Crippen LogP contribution in [0, 0.1) is 12.8 Å². The number of hydrogen-bond acceptors (Lipinski definition) is 3. The summed E-state index contributed by atoms with van der Waals surface area (Å²) in [4.78, 5) is 2.50. The molecule has 3 nitrogen and oxygen atoms in total. The molecule has 1 saturated heterocycles. The molecule has 1 heterocycles. The number of rotatable bonds is 8. The second kappa shape index (κ2) is 8.52. The molecule has 2 N–H and O–H groups in total. The summed E-state index contributed by atoms with van der Waals surface area (Å²) in [6.45, 7) is 9.14. The van der Waals surface area contributed by atoms with Gasteiger partial charge < -0.3 is 15.3 Å². The number of aliphatic hydroxyl groups excluding tert-OH is 1. The van der Waals surface area contributed by atoms with Crippen molar-refractivity contribution in [2.24, 2.45) is 5.92 Å². The Kier molecular flexibility index (Phi) is 6.68. The Morgan fingerprint density at radius 3 is 2.86 bits per heavy atom. The molecule has 21 heavy (non-hydrogen) atoms. The summed E-state index contributed by atoms with van der Waals surface area (Å²) in [5.74, 6) is 0.491. The van der Waals surface area contributed by atoms with Crippen molar-refractivity contribution < 1.29 is 5.11 Å². The number of benzene rings is 1. The molecule has 1 aromatic rings. The van der Waals surface area contributed by atoms with Crippen LogP contribution in [0.1, 0.15) is 43.4 Å². The van der Waals surface area contributed by atoms with E-state index in [0.717, 1.165) is 39.0 Å².